The summed E-state index contributed by atoms with van der Waals surface area (Å²) in [4.78, 5) is 16.2. The molecule has 0 spiro atoms. The van der Waals surface area contributed by atoms with E-state index in [1.54, 1.807) is 30.5 Å². The second-order valence-corrected chi connectivity index (χ2v) is 6.49. The van der Waals surface area contributed by atoms with Crippen LogP contribution in [0.5, 0.6) is 0 Å². The molecule has 0 fully saturated rings. The smallest absolute Gasteiger partial charge is 0.230 e. The van der Waals surface area contributed by atoms with Gasteiger partial charge in [-0.2, -0.15) is 0 Å². The first-order valence-corrected chi connectivity index (χ1v) is 8.95. The van der Waals surface area contributed by atoms with Gasteiger partial charge in [0.15, 0.2) is 0 Å². The van der Waals surface area contributed by atoms with Crippen LogP contribution in [0, 0.1) is 5.82 Å². The number of halogens is 2. The van der Waals surface area contributed by atoms with E-state index in [0.717, 1.165) is 23.7 Å². The van der Waals surface area contributed by atoms with Gasteiger partial charge in [-0.15, -0.1) is 0 Å². The van der Waals surface area contributed by atoms with Gasteiger partial charge in [0.2, 0.25) is 5.91 Å². The molecule has 0 aliphatic carbocycles. The van der Waals surface area contributed by atoms with Crippen molar-refractivity contribution in [1.82, 2.24) is 4.98 Å². The number of aromatic nitrogens is 1. The molecule has 2 aromatic carbocycles. The van der Waals surface area contributed by atoms with E-state index in [-0.39, 0.29) is 18.1 Å². The van der Waals surface area contributed by atoms with E-state index >= 15 is 0 Å². The van der Waals surface area contributed by atoms with Gasteiger partial charge in [-0.1, -0.05) is 41.9 Å². The van der Waals surface area contributed by atoms with Gasteiger partial charge in [-0.05, 0) is 47.9 Å². The molecule has 4 nitrogen and oxygen atoms in total. The van der Waals surface area contributed by atoms with Crippen molar-refractivity contribution >= 4 is 29.0 Å². The number of amides is 1. The molecule has 1 heterocycles. The van der Waals surface area contributed by atoms with Gasteiger partial charge in [0.1, 0.15) is 11.6 Å². The van der Waals surface area contributed by atoms with E-state index in [0.29, 0.717) is 11.4 Å². The molecule has 0 radical (unpaired) electrons. The normalized spacial score (nSPS) is 10.4. The molecule has 2 N–H and O–H groups in total. The fourth-order valence-corrected chi connectivity index (χ4v) is 2.70. The number of carbonyl (C=O) groups excluding carboxylic acids is 1. The Morgan fingerprint density at radius 1 is 1.04 bits per heavy atom. The van der Waals surface area contributed by atoms with Crippen molar-refractivity contribution in [1.29, 1.82) is 0 Å². The largest absolute Gasteiger partial charge is 0.383 e. The van der Waals surface area contributed by atoms with Crippen LogP contribution in [-0.2, 0) is 17.6 Å². The summed E-state index contributed by atoms with van der Waals surface area (Å²) in [6.07, 6.45) is 2.48. The van der Waals surface area contributed by atoms with E-state index in [1.807, 2.05) is 30.3 Å². The van der Waals surface area contributed by atoms with Crippen LogP contribution >= 0.6 is 11.6 Å². The third-order valence-corrected chi connectivity index (χ3v) is 4.25. The fraction of sp³-hybridized carbons (Fsp3) is 0.143. The number of hydrogen-bond donors (Lipinski definition) is 2. The molecule has 138 valence electrons. The number of nitrogens with zero attached hydrogens (tertiary/aromatic N) is 1. The molecule has 0 saturated carbocycles. The molecule has 3 rings (SSSR count). The van der Waals surface area contributed by atoms with Crippen LogP contribution in [0.3, 0.4) is 0 Å². The molecule has 1 amide bonds. The van der Waals surface area contributed by atoms with Crippen molar-refractivity contribution < 1.29 is 9.18 Å². The van der Waals surface area contributed by atoms with Crippen molar-refractivity contribution in [2.75, 3.05) is 17.2 Å². The molecule has 6 heteroatoms. The van der Waals surface area contributed by atoms with Gasteiger partial charge in [-0.3, -0.25) is 4.79 Å². The second-order valence-electron chi connectivity index (χ2n) is 6.05. The molecule has 0 saturated heterocycles. The lowest BCUT2D eigenvalue weighted by molar-refractivity contribution is -0.115. The molecule has 3 aromatic rings. The monoisotopic (exact) mass is 383 g/mol. The SMILES string of the molecule is O=C(Cc1ccccc1F)Nc1ccc(NCCc2ccc(Cl)cc2)cn1. The summed E-state index contributed by atoms with van der Waals surface area (Å²) < 4.78 is 13.6. The highest BCUT2D eigenvalue weighted by Crippen LogP contribution is 2.13. The van der Waals surface area contributed by atoms with Gasteiger partial charge < -0.3 is 10.6 Å². The Kier molecular flexibility index (Phi) is 6.39. The first kappa shape index (κ1) is 18.9. The summed E-state index contributed by atoms with van der Waals surface area (Å²) in [7, 11) is 0. The topological polar surface area (TPSA) is 54.0 Å². The summed E-state index contributed by atoms with van der Waals surface area (Å²) in [6.45, 7) is 0.752. The lowest BCUT2D eigenvalue weighted by atomic mass is 10.1. The maximum atomic E-state index is 13.6. The number of anilines is 2. The Hall–Kier alpha value is -2.92. The van der Waals surface area contributed by atoms with Crippen LogP contribution in [0.25, 0.3) is 0 Å². The summed E-state index contributed by atoms with van der Waals surface area (Å²) in [6, 6.07) is 17.5. The molecule has 0 aliphatic rings. The number of pyridine rings is 1. The van der Waals surface area contributed by atoms with Crippen molar-refractivity contribution in [2.45, 2.75) is 12.8 Å². The number of benzene rings is 2. The molecule has 0 bridgehead atoms. The van der Waals surface area contributed by atoms with Crippen LogP contribution in [-0.4, -0.2) is 17.4 Å². The maximum absolute atomic E-state index is 13.6. The Labute approximate surface area is 162 Å². The van der Waals surface area contributed by atoms with Crippen molar-refractivity contribution in [3.05, 3.63) is 88.8 Å². The van der Waals surface area contributed by atoms with Crippen LogP contribution in [0.15, 0.2) is 66.9 Å². The molecule has 27 heavy (non-hydrogen) atoms. The second kappa shape index (κ2) is 9.14. The first-order chi connectivity index (χ1) is 13.1. The van der Waals surface area contributed by atoms with Crippen LogP contribution in [0.1, 0.15) is 11.1 Å². The van der Waals surface area contributed by atoms with Crippen LogP contribution in [0.4, 0.5) is 15.9 Å². The van der Waals surface area contributed by atoms with Gasteiger partial charge in [0, 0.05) is 11.6 Å². The summed E-state index contributed by atoms with van der Waals surface area (Å²) >= 11 is 5.87. The van der Waals surface area contributed by atoms with E-state index in [1.165, 1.54) is 11.6 Å². The number of hydrogen-bond acceptors (Lipinski definition) is 3. The zero-order chi connectivity index (χ0) is 19.1. The Bertz CT molecular complexity index is 898. The highest BCUT2D eigenvalue weighted by molar-refractivity contribution is 6.30. The van der Waals surface area contributed by atoms with Gasteiger partial charge in [0.25, 0.3) is 0 Å². The molecule has 0 aliphatic heterocycles. The van der Waals surface area contributed by atoms with Gasteiger partial charge >= 0.3 is 0 Å². The zero-order valence-corrected chi connectivity index (χ0v) is 15.3. The average molecular weight is 384 g/mol. The predicted molar refractivity (Wildman–Crippen MR) is 107 cm³/mol. The Balaban J connectivity index is 1.47. The van der Waals surface area contributed by atoms with Crippen LogP contribution in [0.2, 0.25) is 5.02 Å². The molecular formula is C21H19ClFN3O. The minimum atomic E-state index is -0.388. The van der Waals surface area contributed by atoms with Crippen molar-refractivity contribution in [3.8, 4) is 0 Å². The quantitative estimate of drug-likeness (QED) is 0.621. The first-order valence-electron chi connectivity index (χ1n) is 8.58. The predicted octanol–water partition coefficient (Wildman–Crippen LogP) is 4.71. The summed E-state index contributed by atoms with van der Waals surface area (Å²) in [5, 5.41) is 6.68. The highest BCUT2D eigenvalue weighted by atomic mass is 35.5. The van der Waals surface area contributed by atoms with E-state index in [9.17, 15) is 9.18 Å². The standard InChI is InChI=1S/C21H19ClFN3O/c22-17-7-5-15(6-8-17)11-12-24-18-9-10-20(25-14-18)26-21(27)13-16-3-1-2-4-19(16)23/h1-10,14,24H,11-13H2,(H,25,26,27). The minimum absolute atomic E-state index is 0.0323. The van der Waals surface area contributed by atoms with E-state index in [2.05, 4.69) is 15.6 Å². The van der Waals surface area contributed by atoms with Crippen LogP contribution < -0.4 is 10.6 Å². The van der Waals surface area contributed by atoms with Crippen molar-refractivity contribution in [2.24, 2.45) is 0 Å². The average Bonchev–Trinajstić information content (AvgIpc) is 2.67. The Morgan fingerprint density at radius 2 is 1.81 bits per heavy atom. The molecule has 1 aromatic heterocycles. The highest BCUT2D eigenvalue weighted by Gasteiger charge is 2.08. The maximum Gasteiger partial charge on any atom is 0.230 e. The minimum Gasteiger partial charge on any atom is -0.383 e. The number of carbonyl (C=O) groups is 1. The molecule has 0 unspecified atom stereocenters. The lowest BCUT2D eigenvalue weighted by Gasteiger charge is -2.08. The van der Waals surface area contributed by atoms with Gasteiger partial charge in [-0.25, -0.2) is 9.37 Å². The third-order valence-electron chi connectivity index (χ3n) is 4.00. The molecule has 0 atom stereocenters. The van der Waals surface area contributed by atoms with E-state index in [4.69, 9.17) is 11.6 Å². The molecular weight excluding hydrogens is 365 g/mol. The lowest BCUT2D eigenvalue weighted by Crippen LogP contribution is -2.16. The van der Waals surface area contributed by atoms with E-state index < -0.39 is 0 Å². The Morgan fingerprint density at radius 3 is 2.52 bits per heavy atom. The third kappa shape index (κ3) is 5.79. The summed E-state index contributed by atoms with van der Waals surface area (Å²) in [5.74, 6) is -0.267. The fourth-order valence-electron chi connectivity index (χ4n) is 2.58. The van der Waals surface area contributed by atoms with Gasteiger partial charge in [0.05, 0.1) is 18.3 Å². The zero-order valence-electron chi connectivity index (χ0n) is 14.6. The number of nitrogens with one attached hydrogen (secondary N) is 2. The number of rotatable bonds is 7. The summed E-state index contributed by atoms with van der Waals surface area (Å²) in [5.41, 5.74) is 2.41. The van der Waals surface area contributed by atoms with Crippen molar-refractivity contribution in [3.63, 3.8) is 0 Å².